The van der Waals surface area contributed by atoms with Crippen LogP contribution in [-0.4, -0.2) is 53.3 Å². The Morgan fingerprint density at radius 3 is 2.57 bits per heavy atom. The highest BCUT2D eigenvalue weighted by Gasteiger charge is 2.56. The largest absolute Gasteiger partial charge is 0.469 e. The molecule has 1 heterocycles. The molecule has 7 heteroatoms. The number of amides is 2. The van der Waals surface area contributed by atoms with Crippen LogP contribution in [0.15, 0.2) is 36.0 Å². The summed E-state index contributed by atoms with van der Waals surface area (Å²) in [7, 11) is 2.74. The van der Waals surface area contributed by atoms with Crippen LogP contribution in [-0.2, 0) is 23.9 Å². The molecule has 7 atom stereocenters. The monoisotopic (exact) mass is 485 g/mol. The number of fused-ring (bicyclic) bond motifs is 1. The van der Waals surface area contributed by atoms with Crippen LogP contribution in [0.5, 0.6) is 0 Å². The number of methoxy groups -OCH3 is 1. The van der Waals surface area contributed by atoms with Gasteiger partial charge in [-0.15, -0.1) is 6.58 Å². The van der Waals surface area contributed by atoms with Crippen LogP contribution >= 0.6 is 0 Å². The first-order valence-electron chi connectivity index (χ1n) is 12.7. The fraction of sp³-hybridized carbons (Fsp3) is 0.643. The summed E-state index contributed by atoms with van der Waals surface area (Å²) in [5.74, 6) is -4.24. The quantitative estimate of drug-likeness (QED) is 0.176. The summed E-state index contributed by atoms with van der Waals surface area (Å²) in [5, 5.41) is 11.6. The highest BCUT2D eigenvalue weighted by Crippen LogP contribution is 2.51. The highest BCUT2D eigenvalue weighted by molar-refractivity contribution is 6.32. The lowest BCUT2D eigenvalue weighted by molar-refractivity contribution is -0.158. The Hall–Kier alpha value is -2.54. The van der Waals surface area contributed by atoms with Gasteiger partial charge >= 0.3 is 5.97 Å². The summed E-state index contributed by atoms with van der Waals surface area (Å²) in [6.45, 7) is 9.80. The van der Waals surface area contributed by atoms with Crippen LogP contribution in [0.25, 0.3) is 0 Å². The lowest BCUT2D eigenvalue weighted by Gasteiger charge is -2.51. The summed E-state index contributed by atoms with van der Waals surface area (Å²) >= 11 is 0. The van der Waals surface area contributed by atoms with E-state index in [0.29, 0.717) is 12.8 Å². The average Bonchev–Trinajstić information content (AvgIpc) is 3.05. The van der Waals surface area contributed by atoms with Crippen molar-refractivity contribution in [1.82, 2.24) is 4.90 Å². The molecule has 1 fully saturated rings. The van der Waals surface area contributed by atoms with Gasteiger partial charge in [-0.05, 0) is 31.1 Å². The van der Waals surface area contributed by atoms with Crippen molar-refractivity contribution in [2.45, 2.75) is 64.9 Å². The average molecular weight is 486 g/mol. The number of carbonyl (C=O) groups is 4. The molecule has 2 amide bonds. The van der Waals surface area contributed by atoms with Crippen LogP contribution in [0.4, 0.5) is 0 Å². The number of unbranched alkanes of at least 4 members (excludes halogenated alkanes) is 2. The molecule has 0 spiro atoms. The number of hydrogen-bond acceptors (Lipinski definition) is 6. The minimum Gasteiger partial charge on any atom is -0.469 e. The predicted molar refractivity (Wildman–Crippen MR) is 132 cm³/mol. The van der Waals surface area contributed by atoms with E-state index in [2.05, 4.69) is 13.5 Å². The molecule has 3 aliphatic rings. The Morgan fingerprint density at radius 1 is 1.29 bits per heavy atom. The van der Waals surface area contributed by atoms with Crippen LogP contribution < -0.4 is 0 Å². The predicted octanol–water partition coefficient (Wildman–Crippen LogP) is 3.62. The Bertz CT molecular complexity index is 964. The van der Waals surface area contributed by atoms with E-state index in [4.69, 9.17) is 4.74 Å². The number of ether oxygens (including phenoxy) is 1. The molecule has 2 aliphatic carbocycles. The minimum absolute atomic E-state index is 0.0595. The maximum Gasteiger partial charge on any atom is 0.308 e. The third-order valence-corrected chi connectivity index (χ3v) is 8.24. The lowest BCUT2D eigenvalue weighted by Crippen LogP contribution is -2.55. The molecule has 192 valence electrons. The molecule has 35 heavy (non-hydrogen) atoms. The summed E-state index contributed by atoms with van der Waals surface area (Å²) in [5.41, 5.74) is -1.20. The van der Waals surface area contributed by atoms with Gasteiger partial charge in [-0.3, -0.25) is 24.1 Å². The van der Waals surface area contributed by atoms with Crippen molar-refractivity contribution in [1.29, 1.82) is 0 Å². The topological polar surface area (TPSA) is 101 Å². The minimum atomic E-state index is -1.37. The van der Waals surface area contributed by atoms with E-state index in [-0.39, 0.29) is 41.3 Å². The van der Waals surface area contributed by atoms with Gasteiger partial charge in [0.2, 0.25) is 0 Å². The molecular formula is C28H39NO6. The van der Waals surface area contributed by atoms with Crippen molar-refractivity contribution in [2.75, 3.05) is 14.2 Å². The molecule has 0 aromatic rings. The van der Waals surface area contributed by atoms with E-state index >= 15 is 0 Å². The zero-order valence-electron chi connectivity index (χ0n) is 21.6. The second-order valence-corrected chi connectivity index (χ2v) is 10.6. The van der Waals surface area contributed by atoms with E-state index in [0.717, 1.165) is 24.2 Å². The van der Waals surface area contributed by atoms with Crippen LogP contribution in [0.3, 0.4) is 0 Å². The third kappa shape index (κ3) is 4.80. The van der Waals surface area contributed by atoms with E-state index in [1.165, 1.54) is 14.2 Å². The number of esters is 1. The van der Waals surface area contributed by atoms with Gasteiger partial charge in [0.1, 0.15) is 0 Å². The van der Waals surface area contributed by atoms with Gasteiger partial charge in [-0.25, -0.2) is 0 Å². The van der Waals surface area contributed by atoms with Crippen molar-refractivity contribution in [2.24, 2.45) is 35.5 Å². The summed E-state index contributed by atoms with van der Waals surface area (Å²) in [6.07, 6.45) is 9.30. The molecule has 7 unspecified atom stereocenters. The van der Waals surface area contributed by atoms with Gasteiger partial charge in [-0.2, -0.15) is 0 Å². The summed E-state index contributed by atoms with van der Waals surface area (Å²) in [6, 6.07) is 0. The first-order chi connectivity index (χ1) is 16.5. The zero-order chi connectivity index (χ0) is 26.1. The highest BCUT2D eigenvalue weighted by atomic mass is 16.5. The van der Waals surface area contributed by atoms with Crippen molar-refractivity contribution >= 4 is 23.6 Å². The van der Waals surface area contributed by atoms with Gasteiger partial charge in [0.25, 0.3) is 11.8 Å². The number of likely N-dealkylation sites (N-methyl/N-ethyl adjacent to an activating group) is 1. The first-order valence-corrected chi connectivity index (χ1v) is 12.7. The van der Waals surface area contributed by atoms with Crippen molar-refractivity contribution in [3.05, 3.63) is 36.0 Å². The van der Waals surface area contributed by atoms with E-state index in [1.807, 2.05) is 13.8 Å². The van der Waals surface area contributed by atoms with Gasteiger partial charge in [0.05, 0.1) is 24.2 Å². The molecule has 0 aromatic heterocycles. The molecule has 0 bridgehead atoms. The fourth-order valence-corrected chi connectivity index (χ4v) is 6.47. The van der Waals surface area contributed by atoms with E-state index in [9.17, 15) is 24.3 Å². The number of hydrogen-bond donors (Lipinski definition) is 1. The zero-order valence-corrected chi connectivity index (χ0v) is 21.6. The molecule has 0 radical (unpaired) electrons. The number of nitrogens with zero attached hydrogens (tertiary/aromatic N) is 1. The van der Waals surface area contributed by atoms with Crippen molar-refractivity contribution in [3.8, 4) is 0 Å². The second kappa shape index (κ2) is 10.6. The number of ketones is 1. The number of rotatable bonds is 9. The Balaban J connectivity index is 2.04. The molecular weight excluding hydrogens is 446 g/mol. The molecule has 1 saturated carbocycles. The number of imide groups is 1. The molecule has 7 nitrogen and oxygen atoms in total. The number of carbonyl (C=O) groups excluding carboxylic acids is 4. The standard InChI is InChI=1S/C28H39NO6/c1-7-9-10-11-18(8-2)21-22(26(32)29(5)25(21)31)24(30)20-16(3)12-13-28(34)15-19(27(33)35-6)14-17(4)23(20)28/h8,12-13,16-20,23,34H,2,7,9-11,14-15H2,1,3-6H3. The van der Waals surface area contributed by atoms with Gasteiger partial charge in [0, 0.05) is 30.4 Å². The number of allylic oxidation sites excluding steroid dienone is 2. The summed E-state index contributed by atoms with van der Waals surface area (Å²) < 4.78 is 4.92. The van der Waals surface area contributed by atoms with Gasteiger partial charge in [0.15, 0.2) is 5.78 Å². The molecule has 1 N–H and O–H groups in total. The van der Waals surface area contributed by atoms with Crippen molar-refractivity contribution < 1.29 is 29.0 Å². The Kier molecular flexibility index (Phi) is 8.20. The maximum absolute atomic E-state index is 14.2. The normalized spacial score (nSPS) is 33.5. The fourth-order valence-electron chi connectivity index (χ4n) is 6.47. The van der Waals surface area contributed by atoms with Crippen molar-refractivity contribution in [3.63, 3.8) is 0 Å². The Morgan fingerprint density at radius 2 is 1.97 bits per heavy atom. The van der Waals surface area contributed by atoms with Crippen LogP contribution in [0, 0.1) is 35.5 Å². The van der Waals surface area contributed by atoms with Gasteiger partial charge < -0.3 is 9.84 Å². The lowest BCUT2D eigenvalue weighted by atomic mass is 9.55. The van der Waals surface area contributed by atoms with Crippen LogP contribution in [0.2, 0.25) is 0 Å². The smallest absolute Gasteiger partial charge is 0.308 e. The van der Waals surface area contributed by atoms with Crippen LogP contribution in [0.1, 0.15) is 59.3 Å². The number of aliphatic hydroxyl groups is 1. The molecule has 0 saturated heterocycles. The SMILES string of the molecule is C=CC(CCCCC)C1=C(C(=O)C2C(C)C=CC3(O)CC(C(=O)OC)CC(C)C23)C(=O)N(C)C1=O. The second-order valence-electron chi connectivity index (χ2n) is 10.6. The van der Waals surface area contributed by atoms with E-state index < -0.39 is 41.0 Å². The first kappa shape index (κ1) is 27.1. The molecule has 1 aliphatic heterocycles. The van der Waals surface area contributed by atoms with E-state index in [1.54, 1.807) is 18.2 Å². The molecule has 3 rings (SSSR count). The molecule has 0 aromatic carbocycles. The third-order valence-electron chi connectivity index (χ3n) is 8.24. The Labute approximate surface area is 208 Å². The maximum atomic E-state index is 14.2. The number of Topliss-reactive ketones (excluding diaryl/α,β-unsaturated/α-hetero) is 1. The summed E-state index contributed by atoms with van der Waals surface area (Å²) in [4.78, 5) is 53.8. The van der Waals surface area contributed by atoms with Gasteiger partial charge in [-0.1, -0.05) is 58.3 Å².